The van der Waals surface area contributed by atoms with Gasteiger partial charge >= 0.3 is 5.69 Å². The van der Waals surface area contributed by atoms with E-state index < -0.39 is 10.5 Å². The molecule has 1 unspecified atom stereocenters. The van der Waals surface area contributed by atoms with E-state index in [0.717, 1.165) is 0 Å². The Morgan fingerprint density at radius 2 is 2.00 bits per heavy atom. The van der Waals surface area contributed by atoms with Gasteiger partial charge in [-0.25, -0.2) is 0 Å². The molecular weight excluding hydrogens is 312 g/mol. The molecule has 8 nitrogen and oxygen atoms in total. The average Bonchev–Trinajstić information content (AvgIpc) is 2.80. The van der Waals surface area contributed by atoms with Crippen molar-refractivity contribution in [2.75, 3.05) is 6.54 Å². The zero-order valence-corrected chi connectivity index (χ0v) is 13.8. The van der Waals surface area contributed by atoms with Crippen molar-refractivity contribution in [1.82, 2.24) is 15.1 Å². The number of rotatable bonds is 6. The normalized spacial score (nSPS) is 13.3. The van der Waals surface area contributed by atoms with Gasteiger partial charge in [0.15, 0.2) is 0 Å². The molecule has 0 fully saturated rings. The van der Waals surface area contributed by atoms with Crippen LogP contribution in [0.4, 0.5) is 5.69 Å². The highest BCUT2D eigenvalue weighted by atomic mass is 16.6. The summed E-state index contributed by atoms with van der Waals surface area (Å²) in [6, 6.07) is 9.00. The van der Waals surface area contributed by atoms with E-state index in [1.807, 2.05) is 6.07 Å². The van der Waals surface area contributed by atoms with Crippen LogP contribution in [0.15, 0.2) is 30.3 Å². The highest BCUT2D eigenvalue weighted by Gasteiger charge is 2.25. The molecule has 1 aromatic carbocycles. The lowest BCUT2D eigenvalue weighted by Crippen LogP contribution is -2.40. The number of aromatic nitrogens is 2. The molecule has 2 N–H and O–H groups in total. The van der Waals surface area contributed by atoms with Crippen LogP contribution >= 0.6 is 0 Å². The minimum Gasteiger partial charge on any atom is -0.384 e. The highest BCUT2D eigenvalue weighted by Crippen LogP contribution is 2.22. The number of benzene rings is 1. The highest BCUT2D eigenvalue weighted by molar-refractivity contribution is 5.76. The van der Waals surface area contributed by atoms with E-state index in [-0.39, 0.29) is 30.4 Å². The van der Waals surface area contributed by atoms with Gasteiger partial charge in [-0.1, -0.05) is 30.3 Å². The molecule has 0 radical (unpaired) electrons. The fourth-order valence-electron chi connectivity index (χ4n) is 2.47. The van der Waals surface area contributed by atoms with Gasteiger partial charge in [-0.15, -0.1) is 0 Å². The summed E-state index contributed by atoms with van der Waals surface area (Å²) in [5.74, 6) is -0.383. The number of nitro groups is 1. The maximum absolute atomic E-state index is 12.1. The largest absolute Gasteiger partial charge is 0.384 e. The van der Waals surface area contributed by atoms with Crippen molar-refractivity contribution >= 4 is 11.6 Å². The standard InChI is InChI=1S/C16H20N4O4/c1-11-15(20(23)24)12(2)19(18-11)9-14(21)17-10-16(3,22)13-7-5-4-6-8-13/h4-8,22H,9-10H2,1-3H3,(H,17,21). The predicted molar refractivity (Wildman–Crippen MR) is 87.4 cm³/mol. The van der Waals surface area contributed by atoms with Crippen LogP contribution in [-0.4, -0.2) is 32.3 Å². The van der Waals surface area contributed by atoms with Crippen molar-refractivity contribution < 1.29 is 14.8 Å². The Kier molecular flexibility index (Phi) is 4.99. The van der Waals surface area contributed by atoms with Gasteiger partial charge in [-0.05, 0) is 26.3 Å². The first-order chi connectivity index (χ1) is 11.2. The first-order valence-electron chi connectivity index (χ1n) is 7.45. The SMILES string of the molecule is Cc1nn(CC(=O)NCC(C)(O)c2ccccc2)c(C)c1[N+](=O)[O-]. The summed E-state index contributed by atoms with van der Waals surface area (Å²) in [7, 11) is 0. The van der Waals surface area contributed by atoms with E-state index in [1.165, 1.54) is 11.6 Å². The Balaban J connectivity index is 2.02. The fourth-order valence-corrected chi connectivity index (χ4v) is 2.47. The van der Waals surface area contributed by atoms with Gasteiger partial charge in [0.2, 0.25) is 5.91 Å². The van der Waals surface area contributed by atoms with Crippen molar-refractivity contribution in [2.45, 2.75) is 32.9 Å². The lowest BCUT2D eigenvalue weighted by molar-refractivity contribution is -0.386. The number of amides is 1. The van der Waals surface area contributed by atoms with Crippen molar-refractivity contribution in [2.24, 2.45) is 0 Å². The van der Waals surface area contributed by atoms with Crippen molar-refractivity contribution in [3.63, 3.8) is 0 Å². The Labute approximate surface area is 139 Å². The molecule has 0 aliphatic heterocycles. The van der Waals surface area contributed by atoms with Crippen LogP contribution in [0.2, 0.25) is 0 Å². The van der Waals surface area contributed by atoms with E-state index in [0.29, 0.717) is 11.3 Å². The van der Waals surface area contributed by atoms with Gasteiger partial charge in [0.1, 0.15) is 23.5 Å². The number of nitrogens with zero attached hydrogens (tertiary/aromatic N) is 3. The maximum Gasteiger partial charge on any atom is 0.312 e. The van der Waals surface area contributed by atoms with Crippen LogP contribution < -0.4 is 5.32 Å². The second kappa shape index (κ2) is 6.79. The molecule has 0 aliphatic carbocycles. The number of carbonyl (C=O) groups is 1. The first kappa shape index (κ1) is 17.6. The van der Waals surface area contributed by atoms with E-state index in [9.17, 15) is 20.0 Å². The molecule has 128 valence electrons. The van der Waals surface area contributed by atoms with Gasteiger partial charge in [0.05, 0.1) is 11.5 Å². The molecule has 24 heavy (non-hydrogen) atoms. The van der Waals surface area contributed by atoms with Gasteiger partial charge in [0.25, 0.3) is 0 Å². The summed E-state index contributed by atoms with van der Waals surface area (Å²) in [4.78, 5) is 22.5. The Morgan fingerprint density at radius 1 is 1.38 bits per heavy atom. The second-order valence-electron chi connectivity index (χ2n) is 5.85. The Bertz CT molecular complexity index is 753. The minimum absolute atomic E-state index is 0.0250. The molecule has 1 atom stereocenters. The minimum atomic E-state index is -1.21. The van der Waals surface area contributed by atoms with Crippen molar-refractivity contribution in [1.29, 1.82) is 0 Å². The average molecular weight is 332 g/mol. The van der Waals surface area contributed by atoms with E-state index in [4.69, 9.17) is 0 Å². The summed E-state index contributed by atoms with van der Waals surface area (Å²) in [6.07, 6.45) is 0. The van der Waals surface area contributed by atoms with Gasteiger partial charge in [-0.3, -0.25) is 19.6 Å². The third-order valence-corrected chi connectivity index (χ3v) is 3.84. The van der Waals surface area contributed by atoms with Gasteiger partial charge in [0, 0.05) is 0 Å². The molecule has 0 aliphatic rings. The predicted octanol–water partition coefficient (Wildman–Crippen LogP) is 1.43. The molecule has 1 heterocycles. The Morgan fingerprint density at radius 3 is 2.54 bits per heavy atom. The summed E-state index contributed by atoms with van der Waals surface area (Å²) < 4.78 is 1.29. The summed E-state index contributed by atoms with van der Waals surface area (Å²) in [5, 5.41) is 28.1. The lowest BCUT2D eigenvalue weighted by atomic mass is 9.96. The van der Waals surface area contributed by atoms with E-state index >= 15 is 0 Å². The fraction of sp³-hybridized carbons (Fsp3) is 0.375. The zero-order chi connectivity index (χ0) is 17.9. The molecule has 0 bridgehead atoms. The number of hydrogen-bond acceptors (Lipinski definition) is 5. The quantitative estimate of drug-likeness (QED) is 0.614. The monoisotopic (exact) mass is 332 g/mol. The van der Waals surface area contributed by atoms with Crippen molar-refractivity contribution in [3.05, 3.63) is 57.4 Å². The van der Waals surface area contributed by atoms with Crippen LogP contribution in [0.5, 0.6) is 0 Å². The smallest absolute Gasteiger partial charge is 0.312 e. The molecule has 1 aromatic heterocycles. The number of nitrogens with one attached hydrogen (secondary N) is 1. The number of hydrogen-bond donors (Lipinski definition) is 2. The molecule has 0 saturated heterocycles. The lowest BCUT2D eigenvalue weighted by Gasteiger charge is -2.24. The van der Waals surface area contributed by atoms with Crippen LogP contribution in [0.25, 0.3) is 0 Å². The molecule has 8 heteroatoms. The van der Waals surface area contributed by atoms with Crippen LogP contribution in [-0.2, 0) is 16.9 Å². The maximum atomic E-state index is 12.1. The number of carbonyl (C=O) groups excluding carboxylic acids is 1. The zero-order valence-electron chi connectivity index (χ0n) is 13.8. The van der Waals surface area contributed by atoms with Crippen molar-refractivity contribution in [3.8, 4) is 0 Å². The van der Waals surface area contributed by atoms with Crippen LogP contribution in [0.3, 0.4) is 0 Å². The van der Waals surface area contributed by atoms with Crippen LogP contribution in [0, 0.1) is 24.0 Å². The summed E-state index contributed by atoms with van der Waals surface area (Å²) in [6.45, 7) is 4.56. The molecule has 2 aromatic rings. The topological polar surface area (TPSA) is 110 Å². The number of aliphatic hydroxyl groups is 1. The molecular formula is C16H20N4O4. The van der Waals surface area contributed by atoms with E-state index in [2.05, 4.69) is 10.4 Å². The summed E-state index contributed by atoms with van der Waals surface area (Å²) in [5.41, 5.74) is -0.0203. The molecule has 1 amide bonds. The second-order valence-corrected chi connectivity index (χ2v) is 5.85. The van der Waals surface area contributed by atoms with Gasteiger partial charge in [-0.2, -0.15) is 5.10 Å². The Hall–Kier alpha value is -2.74. The van der Waals surface area contributed by atoms with E-state index in [1.54, 1.807) is 38.1 Å². The molecule has 2 rings (SSSR count). The number of aryl methyl sites for hydroxylation is 1. The first-order valence-corrected chi connectivity index (χ1v) is 7.45. The summed E-state index contributed by atoms with van der Waals surface area (Å²) >= 11 is 0. The van der Waals surface area contributed by atoms with Crippen LogP contribution in [0.1, 0.15) is 23.9 Å². The van der Waals surface area contributed by atoms with Gasteiger partial charge < -0.3 is 10.4 Å². The third-order valence-electron chi connectivity index (χ3n) is 3.84. The molecule has 0 spiro atoms. The molecule has 0 saturated carbocycles. The third kappa shape index (κ3) is 3.77.